The Kier molecular flexibility index (Phi) is 5.37. The predicted octanol–water partition coefficient (Wildman–Crippen LogP) is 3.21. The topological polar surface area (TPSA) is 60.1 Å². The van der Waals surface area contributed by atoms with E-state index in [0.29, 0.717) is 37.2 Å². The molecule has 1 amide bonds. The lowest BCUT2D eigenvalue weighted by molar-refractivity contribution is -0.137. The van der Waals surface area contributed by atoms with Gasteiger partial charge in [0.05, 0.1) is 23.7 Å². The van der Waals surface area contributed by atoms with Gasteiger partial charge in [0, 0.05) is 13.0 Å². The van der Waals surface area contributed by atoms with Crippen LogP contribution in [0.15, 0.2) is 23.0 Å². The van der Waals surface area contributed by atoms with Crippen molar-refractivity contribution in [2.45, 2.75) is 50.6 Å². The summed E-state index contributed by atoms with van der Waals surface area (Å²) in [6, 6.07) is 2.53. The highest BCUT2D eigenvalue weighted by molar-refractivity contribution is 6.31. The lowest BCUT2D eigenvalue weighted by Gasteiger charge is -2.26. The molecule has 1 saturated heterocycles. The summed E-state index contributed by atoms with van der Waals surface area (Å²) in [7, 11) is 0. The average Bonchev–Trinajstić information content (AvgIpc) is 3.24. The van der Waals surface area contributed by atoms with Crippen molar-refractivity contribution in [1.29, 1.82) is 0 Å². The lowest BCUT2D eigenvalue weighted by Crippen LogP contribution is -2.41. The Morgan fingerprint density at radius 1 is 1.27 bits per heavy atom. The Morgan fingerprint density at radius 3 is 2.67 bits per heavy atom. The molecular formula is C19H19ClF4N4O2. The second-order valence-electron chi connectivity index (χ2n) is 7.62. The van der Waals surface area contributed by atoms with E-state index >= 15 is 0 Å². The quantitative estimate of drug-likeness (QED) is 0.680. The number of rotatable bonds is 3. The average molecular weight is 447 g/mol. The molecule has 0 radical (unpaired) electrons. The Morgan fingerprint density at radius 2 is 2.03 bits per heavy atom. The number of hydrogen-bond acceptors (Lipinski definition) is 3. The first-order chi connectivity index (χ1) is 14.1. The van der Waals surface area contributed by atoms with Gasteiger partial charge in [-0.2, -0.15) is 18.3 Å². The molecule has 2 aromatic rings. The molecular weight excluding hydrogens is 428 g/mol. The molecule has 0 bridgehead atoms. The van der Waals surface area contributed by atoms with Crippen molar-refractivity contribution < 1.29 is 22.4 Å². The smallest absolute Gasteiger partial charge is 0.338 e. The minimum Gasteiger partial charge on any atom is -0.338 e. The molecule has 2 aliphatic heterocycles. The Balaban J connectivity index is 1.60. The van der Waals surface area contributed by atoms with Crippen LogP contribution in [-0.4, -0.2) is 44.4 Å². The van der Waals surface area contributed by atoms with E-state index in [2.05, 4.69) is 5.10 Å². The Labute approximate surface area is 174 Å². The first kappa shape index (κ1) is 20.9. The zero-order chi connectivity index (χ0) is 21.6. The number of amides is 1. The SMILES string of the molecule is O=C([C@@H]1CCCc2nn(Cc3ccc(C(F)(F)F)c(Cl)c3)c(=O)n21)N1CC[C@H](F)C1. The number of aromatic nitrogens is 3. The molecule has 1 fully saturated rings. The van der Waals surface area contributed by atoms with Crippen LogP contribution in [0.3, 0.4) is 0 Å². The maximum atomic E-state index is 13.5. The molecule has 0 aliphatic carbocycles. The van der Waals surface area contributed by atoms with Gasteiger partial charge < -0.3 is 4.90 Å². The van der Waals surface area contributed by atoms with E-state index in [4.69, 9.17) is 11.6 Å². The summed E-state index contributed by atoms with van der Waals surface area (Å²) in [5.41, 5.74) is -1.09. The summed E-state index contributed by atoms with van der Waals surface area (Å²) in [6.07, 6.45) is -3.72. The van der Waals surface area contributed by atoms with Crippen molar-refractivity contribution in [3.63, 3.8) is 0 Å². The van der Waals surface area contributed by atoms with Crippen LogP contribution in [0.4, 0.5) is 17.6 Å². The zero-order valence-corrected chi connectivity index (χ0v) is 16.6. The maximum Gasteiger partial charge on any atom is 0.417 e. The molecule has 2 atom stereocenters. The molecule has 0 unspecified atom stereocenters. The Hall–Kier alpha value is -2.36. The third-order valence-corrected chi connectivity index (χ3v) is 5.84. The van der Waals surface area contributed by atoms with Crippen LogP contribution in [0.5, 0.6) is 0 Å². The first-order valence-electron chi connectivity index (χ1n) is 9.62. The molecule has 0 N–H and O–H groups in total. The van der Waals surface area contributed by atoms with Gasteiger partial charge in [0.25, 0.3) is 0 Å². The number of aryl methyl sites for hydroxylation is 1. The molecule has 0 spiro atoms. The van der Waals surface area contributed by atoms with Crippen molar-refractivity contribution in [3.05, 3.63) is 50.7 Å². The van der Waals surface area contributed by atoms with Gasteiger partial charge in [0.2, 0.25) is 5.91 Å². The number of carbonyl (C=O) groups excluding carboxylic acids is 1. The fourth-order valence-electron chi connectivity index (χ4n) is 4.06. The number of carbonyl (C=O) groups is 1. The van der Waals surface area contributed by atoms with E-state index in [9.17, 15) is 27.2 Å². The number of hydrogen-bond donors (Lipinski definition) is 0. The second-order valence-corrected chi connectivity index (χ2v) is 8.02. The molecule has 0 saturated carbocycles. The van der Waals surface area contributed by atoms with Crippen LogP contribution in [-0.2, 0) is 23.9 Å². The van der Waals surface area contributed by atoms with Gasteiger partial charge in [0.15, 0.2) is 0 Å². The highest BCUT2D eigenvalue weighted by Crippen LogP contribution is 2.35. The Bertz CT molecular complexity index is 1030. The van der Waals surface area contributed by atoms with Gasteiger partial charge in [-0.1, -0.05) is 17.7 Å². The van der Waals surface area contributed by atoms with Crippen LogP contribution < -0.4 is 5.69 Å². The minimum atomic E-state index is -4.57. The largest absolute Gasteiger partial charge is 0.417 e. The number of alkyl halides is 4. The van der Waals surface area contributed by atoms with Crippen molar-refractivity contribution >= 4 is 17.5 Å². The highest BCUT2D eigenvalue weighted by atomic mass is 35.5. The van der Waals surface area contributed by atoms with Gasteiger partial charge in [-0.3, -0.25) is 9.36 Å². The molecule has 1 aromatic carbocycles. The fraction of sp³-hybridized carbons (Fsp3) is 0.526. The number of likely N-dealkylation sites (tertiary alicyclic amines) is 1. The third-order valence-electron chi connectivity index (χ3n) is 5.53. The molecule has 4 rings (SSSR count). The maximum absolute atomic E-state index is 13.5. The monoisotopic (exact) mass is 446 g/mol. The van der Waals surface area contributed by atoms with Gasteiger partial charge in [-0.15, -0.1) is 0 Å². The molecule has 3 heterocycles. The second kappa shape index (κ2) is 7.72. The van der Waals surface area contributed by atoms with Crippen molar-refractivity contribution in [1.82, 2.24) is 19.2 Å². The van der Waals surface area contributed by atoms with Crippen LogP contribution in [0.1, 0.15) is 42.3 Å². The normalized spacial score (nSPS) is 21.7. The van der Waals surface area contributed by atoms with Crippen molar-refractivity contribution in [2.75, 3.05) is 13.1 Å². The molecule has 162 valence electrons. The van der Waals surface area contributed by atoms with Crippen LogP contribution in [0.25, 0.3) is 0 Å². The summed E-state index contributed by atoms with van der Waals surface area (Å²) in [6.45, 7) is 0.268. The molecule has 1 aromatic heterocycles. The van der Waals surface area contributed by atoms with Crippen LogP contribution in [0, 0.1) is 0 Å². The molecule has 6 nitrogen and oxygen atoms in total. The van der Waals surface area contributed by atoms with Gasteiger partial charge >= 0.3 is 11.9 Å². The van der Waals surface area contributed by atoms with E-state index in [1.165, 1.54) is 15.5 Å². The van der Waals surface area contributed by atoms with E-state index in [-0.39, 0.29) is 25.4 Å². The summed E-state index contributed by atoms with van der Waals surface area (Å²) >= 11 is 5.76. The van der Waals surface area contributed by atoms with Crippen LogP contribution >= 0.6 is 11.6 Å². The van der Waals surface area contributed by atoms with Crippen molar-refractivity contribution in [3.8, 4) is 0 Å². The standard InChI is InChI=1S/C19H19ClF4N4O2/c20-14-8-11(4-5-13(14)19(22,23)24)9-27-18(30)28-15(2-1-3-16(28)25-27)17(29)26-7-6-12(21)10-26/h4-5,8,12,15H,1-3,6-7,9-10H2/t12-,15-/m0/s1. The van der Waals surface area contributed by atoms with E-state index in [1.54, 1.807) is 0 Å². The predicted molar refractivity (Wildman–Crippen MR) is 100 cm³/mol. The van der Waals surface area contributed by atoms with E-state index < -0.39 is 34.7 Å². The minimum absolute atomic E-state index is 0.0254. The number of nitrogens with zero attached hydrogens (tertiary/aromatic N) is 4. The summed E-state index contributed by atoms with van der Waals surface area (Å²) in [5.74, 6) is 0.147. The number of benzene rings is 1. The molecule has 30 heavy (non-hydrogen) atoms. The van der Waals surface area contributed by atoms with E-state index in [1.807, 2.05) is 0 Å². The fourth-order valence-corrected chi connectivity index (χ4v) is 4.37. The summed E-state index contributed by atoms with van der Waals surface area (Å²) in [4.78, 5) is 27.2. The number of fused-ring (bicyclic) bond motifs is 1. The highest BCUT2D eigenvalue weighted by Gasteiger charge is 2.36. The lowest BCUT2D eigenvalue weighted by atomic mass is 10.0. The van der Waals surface area contributed by atoms with Gasteiger partial charge in [-0.05, 0) is 37.0 Å². The molecule has 11 heteroatoms. The van der Waals surface area contributed by atoms with Crippen LogP contribution in [0.2, 0.25) is 5.02 Å². The van der Waals surface area contributed by atoms with Gasteiger partial charge in [-0.25, -0.2) is 13.9 Å². The number of halogens is 5. The first-order valence-corrected chi connectivity index (χ1v) is 9.99. The summed E-state index contributed by atoms with van der Waals surface area (Å²) < 4.78 is 54.6. The van der Waals surface area contributed by atoms with Gasteiger partial charge in [0.1, 0.15) is 18.0 Å². The third kappa shape index (κ3) is 3.84. The zero-order valence-electron chi connectivity index (χ0n) is 15.8. The molecule has 2 aliphatic rings. The van der Waals surface area contributed by atoms with Crippen molar-refractivity contribution in [2.24, 2.45) is 0 Å². The summed E-state index contributed by atoms with van der Waals surface area (Å²) in [5, 5.41) is 3.82. The van der Waals surface area contributed by atoms with E-state index in [0.717, 1.165) is 16.8 Å².